The fourth-order valence-corrected chi connectivity index (χ4v) is 3.86. The van der Waals surface area contributed by atoms with Gasteiger partial charge in [0.15, 0.2) is 5.96 Å². The molecule has 1 saturated heterocycles. The SMILES string of the molecule is CCNC(=NCc1nc(-c2ccccc2)cs1)NCCN1CCCCC1. The van der Waals surface area contributed by atoms with E-state index in [9.17, 15) is 0 Å². The first-order valence-electron chi connectivity index (χ1n) is 9.59. The van der Waals surface area contributed by atoms with E-state index in [0.717, 1.165) is 41.9 Å². The van der Waals surface area contributed by atoms with Crippen LogP contribution in [0.4, 0.5) is 0 Å². The second kappa shape index (κ2) is 10.3. The fourth-order valence-electron chi connectivity index (χ4n) is 3.13. The minimum absolute atomic E-state index is 0.608. The zero-order valence-electron chi connectivity index (χ0n) is 15.6. The predicted octanol–water partition coefficient (Wildman–Crippen LogP) is 3.35. The summed E-state index contributed by atoms with van der Waals surface area (Å²) in [5.74, 6) is 0.876. The van der Waals surface area contributed by atoms with E-state index in [1.165, 1.54) is 32.4 Å². The van der Waals surface area contributed by atoms with Crippen LogP contribution < -0.4 is 10.6 Å². The molecule has 6 heteroatoms. The normalized spacial score (nSPS) is 15.8. The number of guanidine groups is 1. The van der Waals surface area contributed by atoms with Crippen molar-refractivity contribution >= 4 is 17.3 Å². The number of benzene rings is 1. The van der Waals surface area contributed by atoms with Gasteiger partial charge in [0.2, 0.25) is 0 Å². The third kappa shape index (κ3) is 5.81. The molecular weight excluding hydrogens is 342 g/mol. The Morgan fingerprint density at radius 1 is 1.15 bits per heavy atom. The maximum absolute atomic E-state index is 4.71. The number of hydrogen-bond acceptors (Lipinski definition) is 4. The minimum atomic E-state index is 0.608. The second-order valence-electron chi connectivity index (χ2n) is 6.52. The molecule has 140 valence electrons. The number of aromatic nitrogens is 1. The van der Waals surface area contributed by atoms with Gasteiger partial charge < -0.3 is 15.5 Å². The minimum Gasteiger partial charge on any atom is -0.357 e. The summed E-state index contributed by atoms with van der Waals surface area (Å²) in [5, 5.41) is 9.92. The van der Waals surface area contributed by atoms with Crippen LogP contribution in [0.1, 0.15) is 31.2 Å². The standard InChI is InChI=1S/C20H29N5S/c1-2-21-20(22-11-14-25-12-7-4-8-13-25)23-15-19-24-18(16-26-19)17-9-5-3-6-10-17/h3,5-6,9-10,16H,2,4,7-8,11-15H2,1H3,(H2,21,22,23). The maximum atomic E-state index is 4.71. The quantitative estimate of drug-likeness (QED) is 0.579. The van der Waals surface area contributed by atoms with E-state index >= 15 is 0 Å². The van der Waals surface area contributed by atoms with Crippen LogP contribution in [0.5, 0.6) is 0 Å². The molecule has 0 bridgehead atoms. The van der Waals surface area contributed by atoms with E-state index in [0.29, 0.717) is 6.54 Å². The van der Waals surface area contributed by atoms with Crippen molar-refractivity contribution in [3.63, 3.8) is 0 Å². The van der Waals surface area contributed by atoms with Gasteiger partial charge in [-0.15, -0.1) is 11.3 Å². The van der Waals surface area contributed by atoms with Crippen LogP contribution in [0.15, 0.2) is 40.7 Å². The molecule has 0 radical (unpaired) electrons. The summed E-state index contributed by atoms with van der Waals surface area (Å²) < 4.78 is 0. The monoisotopic (exact) mass is 371 g/mol. The van der Waals surface area contributed by atoms with Gasteiger partial charge in [-0.05, 0) is 32.9 Å². The molecule has 2 N–H and O–H groups in total. The van der Waals surface area contributed by atoms with Crippen LogP contribution >= 0.6 is 11.3 Å². The van der Waals surface area contributed by atoms with Crippen molar-refractivity contribution in [3.8, 4) is 11.3 Å². The third-order valence-corrected chi connectivity index (χ3v) is 5.34. The smallest absolute Gasteiger partial charge is 0.191 e. The van der Waals surface area contributed by atoms with Gasteiger partial charge in [-0.2, -0.15) is 0 Å². The highest BCUT2D eigenvalue weighted by atomic mass is 32.1. The Labute approximate surface area is 160 Å². The van der Waals surface area contributed by atoms with Gasteiger partial charge in [0, 0.05) is 30.6 Å². The van der Waals surface area contributed by atoms with Gasteiger partial charge >= 0.3 is 0 Å². The Balaban J connectivity index is 1.51. The molecule has 3 rings (SSSR count). The summed E-state index contributed by atoms with van der Waals surface area (Å²) >= 11 is 1.67. The van der Waals surface area contributed by atoms with Crippen LogP contribution in [-0.4, -0.2) is 48.6 Å². The first kappa shape index (κ1) is 18.9. The zero-order chi connectivity index (χ0) is 18.0. The lowest BCUT2D eigenvalue weighted by molar-refractivity contribution is 0.232. The molecule has 2 heterocycles. The van der Waals surface area contributed by atoms with Crippen molar-refractivity contribution in [2.75, 3.05) is 32.7 Å². The second-order valence-corrected chi connectivity index (χ2v) is 7.46. The van der Waals surface area contributed by atoms with Crippen molar-refractivity contribution in [3.05, 3.63) is 40.7 Å². The number of nitrogens with zero attached hydrogens (tertiary/aromatic N) is 3. The molecule has 0 amide bonds. The van der Waals surface area contributed by atoms with Gasteiger partial charge in [0.1, 0.15) is 5.01 Å². The number of thiazole rings is 1. The van der Waals surface area contributed by atoms with Gasteiger partial charge in [-0.3, -0.25) is 0 Å². The third-order valence-electron chi connectivity index (χ3n) is 4.51. The highest BCUT2D eigenvalue weighted by Crippen LogP contribution is 2.21. The Hall–Kier alpha value is -1.92. The highest BCUT2D eigenvalue weighted by molar-refractivity contribution is 7.09. The van der Waals surface area contributed by atoms with Crippen molar-refractivity contribution in [1.29, 1.82) is 0 Å². The molecule has 1 fully saturated rings. The molecule has 1 aromatic heterocycles. The lowest BCUT2D eigenvalue weighted by Gasteiger charge is -2.26. The van der Waals surface area contributed by atoms with Crippen LogP contribution in [0.3, 0.4) is 0 Å². The average Bonchev–Trinajstić information content (AvgIpc) is 3.17. The largest absolute Gasteiger partial charge is 0.357 e. The van der Waals surface area contributed by atoms with E-state index in [1.807, 2.05) is 18.2 Å². The summed E-state index contributed by atoms with van der Waals surface area (Å²) in [5.41, 5.74) is 2.19. The van der Waals surface area contributed by atoms with Crippen LogP contribution in [-0.2, 0) is 6.54 Å². The highest BCUT2D eigenvalue weighted by Gasteiger charge is 2.09. The fraction of sp³-hybridized carbons (Fsp3) is 0.500. The molecule has 0 aliphatic carbocycles. The van der Waals surface area contributed by atoms with Crippen molar-refractivity contribution in [1.82, 2.24) is 20.5 Å². The molecule has 5 nitrogen and oxygen atoms in total. The first-order chi connectivity index (χ1) is 12.8. The van der Waals surface area contributed by atoms with Crippen molar-refractivity contribution in [2.24, 2.45) is 4.99 Å². The Morgan fingerprint density at radius 3 is 2.73 bits per heavy atom. The Morgan fingerprint density at radius 2 is 1.96 bits per heavy atom. The summed E-state index contributed by atoms with van der Waals surface area (Å²) in [6.07, 6.45) is 4.05. The lowest BCUT2D eigenvalue weighted by atomic mass is 10.1. The molecule has 0 spiro atoms. The molecule has 26 heavy (non-hydrogen) atoms. The Kier molecular flexibility index (Phi) is 7.46. The molecule has 0 atom stereocenters. The first-order valence-corrected chi connectivity index (χ1v) is 10.5. The molecule has 1 aromatic carbocycles. The predicted molar refractivity (Wildman–Crippen MR) is 111 cm³/mol. The average molecular weight is 372 g/mol. The topological polar surface area (TPSA) is 52.6 Å². The van der Waals surface area contributed by atoms with E-state index in [1.54, 1.807) is 11.3 Å². The van der Waals surface area contributed by atoms with E-state index < -0.39 is 0 Å². The van der Waals surface area contributed by atoms with Gasteiger partial charge in [-0.25, -0.2) is 9.98 Å². The number of hydrogen-bond donors (Lipinski definition) is 2. The number of aliphatic imine (C=N–C) groups is 1. The number of nitrogens with one attached hydrogen (secondary N) is 2. The van der Waals surface area contributed by atoms with Gasteiger partial charge in [0.25, 0.3) is 0 Å². The molecule has 2 aromatic rings. The molecule has 0 unspecified atom stereocenters. The van der Waals surface area contributed by atoms with Crippen LogP contribution in [0.2, 0.25) is 0 Å². The molecule has 1 aliphatic heterocycles. The van der Waals surface area contributed by atoms with Crippen molar-refractivity contribution < 1.29 is 0 Å². The summed E-state index contributed by atoms with van der Waals surface area (Å²) in [6, 6.07) is 10.3. The maximum Gasteiger partial charge on any atom is 0.191 e. The number of rotatable bonds is 7. The zero-order valence-corrected chi connectivity index (χ0v) is 16.4. The van der Waals surface area contributed by atoms with E-state index in [4.69, 9.17) is 9.98 Å². The summed E-state index contributed by atoms with van der Waals surface area (Å²) in [6.45, 7) is 8.05. The lowest BCUT2D eigenvalue weighted by Crippen LogP contribution is -2.42. The van der Waals surface area contributed by atoms with Crippen LogP contribution in [0.25, 0.3) is 11.3 Å². The van der Waals surface area contributed by atoms with Gasteiger partial charge in [-0.1, -0.05) is 36.8 Å². The summed E-state index contributed by atoms with van der Waals surface area (Å²) in [7, 11) is 0. The number of likely N-dealkylation sites (tertiary alicyclic amines) is 1. The summed E-state index contributed by atoms with van der Waals surface area (Å²) in [4.78, 5) is 11.9. The van der Waals surface area contributed by atoms with E-state index in [-0.39, 0.29) is 0 Å². The van der Waals surface area contributed by atoms with Gasteiger partial charge in [0.05, 0.1) is 12.2 Å². The number of piperidine rings is 1. The van der Waals surface area contributed by atoms with E-state index in [2.05, 4.69) is 40.0 Å². The Bertz CT molecular complexity index is 677. The van der Waals surface area contributed by atoms with Crippen LogP contribution in [0, 0.1) is 0 Å². The molecular formula is C20H29N5S. The van der Waals surface area contributed by atoms with Crippen molar-refractivity contribution in [2.45, 2.75) is 32.7 Å². The molecule has 1 aliphatic rings. The molecule has 0 saturated carbocycles.